The zero-order valence-corrected chi connectivity index (χ0v) is 11.5. The lowest BCUT2D eigenvalue weighted by Crippen LogP contribution is -2.18. The fraction of sp³-hybridized carbons (Fsp3) is 0.733. The van der Waals surface area contributed by atoms with Gasteiger partial charge in [0.05, 0.1) is 0 Å². The number of hydrogen-bond acceptors (Lipinski definition) is 1. The standard InChI is InChI=1S/C15H26N2/c1-11(2)6-5-9-17-12(3)10-13-14(16)7-4-8-15(13)17/h10-11,14H,4-9,16H2,1-3H3. The number of fused-ring (bicyclic) bond motifs is 1. The second-order valence-electron chi connectivity index (χ2n) is 5.87. The van der Waals surface area contributed by atoms with E-state index in [0.717, 1.165) is 12.3 Å². The lowest BCUT2D eigenvalue weighted by Gasteiger charge is -2.21. The SMILES string of the molecule is Cc1cc2c(n1CCCC(C)C)CCCC2N. The summed E-state index contributed by atoms with van der Waals surface area (Å²) >= 11 is 0. The molecule has 0 amide bonds. The van der Waals surface area contributed by atoms with Crippen LogP contribution in [0.15, 0.2) is 6.07 Å². The molecule has 2 nitrogen and oxygen atoms in total. The predicted octanol–water partition coefficient (Wildman–Crippen LogP) is 3.57. The van der Waals surface area contributed by atoms with Crippen LogP contribution in [0.5, 0.6) is 0 Å². The summed E-state index contributed by atoms with van der Waals surface area (Å²) < 4.78 is 2.51. The molecular formula is C15H26N2. The molecule has 0 saturated heterocycles. The molecule has 0 spiro atoms. The van der Waals surface area contributed by atoms with E-state index >= 15 is 0 Å². The van der Waals surface area contributed by atoms with E-state index in [2.05, 4.69) is 31.4 Å². The summed E-state index contributed by atoms with van der Waals surface area (Å²) in [6, 6.07) is 2.60. The van der Waals surface area contributed by atoms with Crippen LogP contribution in [-0.4, -0.2) is 4.57 Å². The molecule has 1 aromatic heterocycles. The third-order valence-corrected chi connectivity index (χ3v) is 3.94. The van der Waals surface area contributed by atoms with Crippen molar-refractivity contribution in [3.8, 4) is 0 Å². The molecule has 96 valence electrons. The van der Waals surface area contributed by atoms with Gasteiger partial charge in [0.15, 0.2) is 0 Å². The number of hydrogen-bond donors (Lipinski definition) is 1. The minimum atomic E-state index is 0.281. The maximum absolute atomic E-state index is 6.19. The number of nitrogens with zero attached hydrogens (tertiary/aromatic N) is 1. The van der Waals surface area contributed by atoms with E-state index < -0.39 is 0 Å². The van der Waals surface area contributed by atoms with Crippen LogP contribution < -0.4 is 5.73 Å². The normalized spacial score (nSPS) is 19.7. The van der Waals surface area contributed by atoms with Crippen molar-refractivity contribution in [1.82, 2.24) is 4.57 Å². The minimum Gasteiger partial charge on any atom is -0.349 e. The van der Waals surface area contributed by atoms with Gasteiger partial charge in [-0.05, 0) is 56.6 Å². The van der Waals surface area contributed by atoms with Crippen LogP contribution in [0.25, 0.3) is 0 Å². The van der Waals surface area contributed by atoms with Gasteiger partial charge in [-0.1, -0.05) is 13.8 Å². The van der Waals surface area contributed by atoms with Crippen molar-refractivity contribution in [3.63, 3.8) is 0 Å². The third kappa shape index (κ3) is 2.74. The van der Waals surface area contributed by atoms with Crippen LogP contribution in [0.3, 0.4) is 0 Å². The average Bonchev–Trinajstić information content (AvgIpc) is 2.57. The van der Waals surface area contributed by atoms with Crippen molar-refractivity contribution >= 4 is 0 Å². The molecule has 1 heterocycles. The number of rotatable bonds is 4. The van der Waals surface area contributed by atoms with Crippen molar-refractivity contribution in [2.75, 3.05) is 0 Å². The smallest absolute Gasteiger partial charge is 0.0313 e. The van der Waals surface area contributed by atoms with Crippen LogP contribution >= 0.6 is 0 Å². The summed E-state index contributed by atoms with van der Waals surface area (Å²) in [4.78, 5) is 0. The van der Waals surface area contributed by atoms with Gasteiger partial charge < -0.3 is 10.3 Å². The quantitative estimate of drug-likeness (QED) is 0.848. The maximum Gasteiger partial charge on any atom is 0.0313 e. The molecule has 2 heteroatoms. The van der Waals surface area contributed by atoms with Gasteiger partial charge in [0.2, 0.25) is 0 Å². The van der Waals surface area contributed by atoms with Crippen LogP contribution in [0.4, 0.5) is 0 Å². The minimum absolute atomic E-state index is 0.281. The van der Waals surface area contributed by atoms with Crippen LogP contribution in [-0.2, 0) is 13.0 Å². The van der Waals surface area contributed by atoms with Crippen LogP contribution in [0.1, 0.15) is 62.5 Å². The number of aryl methyl sites for hydroxylation is 1. The van der Waals surface area contributed by atoms with E-state index in [0.29, 0.717) is 0 Å². The van der Waals surface area contributed by atoms with Gasteiger partial charge in [-0.15, -0.1) is 0 Å². The Morgan fingerprint density at radius 2 is 2.24 bits per heavy atom. The van der Waals surface area contributed by atoms with Gasteiger partial charge in [0, 0.05) is 24.0 Å². The van der Waals surface area contributed by atoms with Crippen molar-refractivity contribution in [2.24, 2.45) is 11.7 Å². The van der Waals surface area contributed by atoms with E-state index in [1.807, 2.05) is 0 Å². The maximum atomic E-state index is 6.19. The molecule has 1 aromatic rings. The van der Waals surface area contributed by atoms with Gasteiger partial charge in [-0.3, -0.25) is 0 Å². The van der Waals surface area contributed by atoms with Gasteiger partial charge in [0.1, 0.15) is 0 Å². The summed E-state index contributed by atoms with van der Waals surface area (Å²) in [5, 5.41) is 0. The monoisotopic (exact) mass is 234 g/mol. The van der Waals surface area contributed by atoms with E-state index in [9.17, 15) is 0 Å². The number of nitrogens with two attached hydrogens (primary N) is 1. The Bertz CT molecular complexity index is 377. The fourth-order valence-corrected chi connectivity index (χ4v) is 2.97. The Labute approximate surface area is 105 Å². The van der Waals surface area contributed by atoms with Gasteiger partial charge >= 0.3 is 0 Å². The molecule has 1 atom stereocenters. The first kappa shape index (κ1) is 12.7. The van der Waals surface area contributed by atoms with Crippen molar-refractivity contribution in [3.05, 3.63) is 23.0 Å². The molecule has 0 radical (unpaired) electrons. The van der Waals surface area contributed by atoms with E-state index in [1.165, 1.54) is 49.2 Å². The Kier molecular flexibility index (Phi) is 3.93. The van der Waals surface area contributed by atoms with Crippen molar-refractivity contribution < 1.29 is 0 Å². The summed E-state index contributed by atoms with van der Waals surface area (Å²) in [6.07, 6.45) is 6.23. The summed E-state index contributed by atoms with van der Waals surface area (Å²) in [6.45, 7) is 7.99. The van der Waals surface area contributed by atoms with Crippen LogP contribution in [0, 0.1) is 12.8 Å². The number of aromatic nitrogens is 1. The molecule has 0 fully saturated rings. The zero-order chi connectivity index (χ0) is 12.4. The molecule has 0 saturated carbocycles. The largest absolute Gasteiger partial charge is 0.349 e. The van der Waals surface area contributed by atoms with E-state index in [-0.39, 0.29) is 6.04 Å². The van der Waals surface area contributed by atoms with E-state index in [1.54, 1.807) is 0 Å². The first-order valence-electron chi connectivity index (χ1n) is 7.04. The van der Waals surface area contributed by atoms with Crippen molar-refractivity contribution in [2.45, 2.75) is 65.5 Å². The van der Waals surface area contributed by atoms with Gasteiger partial charge in [0.25, 0.3) is 0 Å². The first-order chi connectivity index (χ1) is 8.09. The summed E-state index contributed by atoms with van der Waals surface area (Å²) in [5.74, 6) is 0.809. The molecule has 0 bridgehead atoms. The lowest BCUT2D eigenvalue weighted by atomic mass is 9.93. The fourth-order valence-electron chi connectivity index (χ4n) is 2.97. The highest BCUT2D eigenvalue weighted by Crippen LogP contribution is 2.31. The third-order valence-electron chi connectivity index (χ3n) is 3.94. The summed E-state index contributed by atoms with van der Waals surface area (Å²) in [7, 11) is 0. The molecule has 0 aliphatic heterocycles. The van der Waals surface area contributed by atoms with Gasteiger partial charge in [-0.2, -0.15) is 0 Å². The Morgan fingerprint density at radius 3 is 2.94 bits per heavy atom. The Morgan fingerprint density at radius 1 is 1.47 bits per heavy atom. The van der Waals surface area contributed by atoms with Crippen molar-refractivity contribution in [1.29, 1.82) is 0 Å². The lowest BCUT2D eigenvalue weighted by molar-refractivity contribution is 0.486. The molecule has 0 aromatic carbocycles. The molecule has 2 rings (SSSR count). The highest BCUT2D eigenvalue weighted by atomic mass is 15.0. The van der Waals surface area contributed by atoms with E-state index in [4.69, 9.17) is 5.73 Å². The summed E-state index contributed by atoms with van der Waals surface area (Å²) in [5.41, 5.74) is 10.5. The topological polar surface area (TPSA) is 30.9 Å². The highest BCUT2D eigenvalue weighted by molar-refractivity contribution is 5.32. The predicted molar refractivity (Wildman–Crippen MR) is 73.1 cm³/mol. The average molecular weight is 234 g/mol. The highest BCUT2D eigenvalue weighted by Gasteiger charge is 2.21. The molecular weight excluding hydrogens is 208 g/mol. The molecule has 17 heavy (non-hydrogen) atoms. The zero-order valence-electron chi connectivity index (χ0n) is 11.5. The Balaban J connectivity index is 2.11. The first-order valence-corrected chi connectivity index (χ1v) is 7.04. The second-order valence-corrected chi connectivity index (χ2v) is 5.87. The second kappa shape index (κ2) is 5.26. The Hall–Kier alpha value is -0.760. The molecule has 1 unspecified atom stereocenters. The van der Waals surface area contributed by atoms with Crippen LogP contribution in [0.2, 0.25) is 0 Å². The molecule has 1 aliphatic carbocycles. The van der Waals surface area contributed by atoms with Gasteiger partial charge in [-0.25, -0.2) is 0 Å². The molecule has 1 aliphatic rings. The molecule has 2 N–H and O–H groups in total.